The molecule has 0 fully saturated rings. The SMILES string of the molecule is CN(C)c1ccc(/C=C/c2ccc(N)nc2)cc1. The van der Waals surface area contributed by atoms with Crippen LogP contribution in [-0.2, 0) is 0 Å². The Bertz CT molecular complexity index is 525. The van der Waals surface area contributed by atoms with Gasteiger partial charge >= 0.3 is 0 Å². The first-order chi connectivity index (χ1) is 8.65. The lowest BCUT2D eigenvalue weighted by Crippen LogP contribution is -2.07. The van der Waals surface area contributed by atoms with E-state index in [0.29, 0.717) is 5.82 Å². The zero-order valence-corrected chi connectivity index (χ0v) is 10.7. The molecular formula is C15H17N3. The summed E-state index contributed by atoms with van der Waals surface area (Å²) in [5.74, 6) is 0.544. The Balaban J connectivity index is 2.11. The molecule has 0 saturated heterocycles. The average molecular weight is 239 g/mol. The van der Waals surface area contributed by atoms with Crippen LogP contribution < -0.4 is 10.6 Å². The fourth-order valence-corrected chi connectivity index (χ4v) is 1.59. The number of anilines is 2. The molecule has 0 aliphatic rings. The van der Waals surface area contributed by atoms with Crippen LogP contribution in [0.3, 0.4) is 0 Å². The Morgan fingerprint density at radius 3 is 2.11 bits per heavy atom. The largest absolute Gasteiger partial charge is 0.384 e. The van der Waals surface area contributed by atoms with Crippen molar-refractivity contribution in [3.8, 4) is 0 Å². The van der Waals surface area contributed by atoms with E-state index >= 15 is 0 Å². The van der Waals surface area contributed by atoms with E-state index in [9.17, 15) is 0 Å². The summed E-state index contributed by atoms with van der Waals surface area (Å²) in [7, 11) is 4.07. The quantitative estimate of drug-likeness (QED) is 0.895. The number of rotatable bonds is 3. The Morgan fingerprint density at radius 1 is 0.944 bits per heavy atom. The van der Waals surface area contributed by atoms with Crippen LogP contribution >= 0.6 is 0 Å². The molecule has 0 radical (unpaired) electrons. The molecule has 1 aromatic carbocycles. The lowest BCUT2D eigenvalue weighted by molar-refractivity contribution is 1.13. The smallest absolute Gasteiger partial charge is 0.123 e. The van der Waals surface area contributed by atoms with Gasteiger partial charge in [-0.05, 0) is 35.4 Å². The van der Waals surface area contributed by atoms with Crippen LogP contribution in [0.4, 0.5) is 11.5 Å². The number of hydrogen-bond acceptors (Lipinski definition) is 3. The topological polar surface area (TPSA) is 42.1 Å². The van der Waals surface area contributed by atoms with Gasteiger partial charge in [0.15, 0.2) is 0 Å². The molecule has 3 nitrogen and oxygen atoms in total. The van der Waals surface area contributed by atoms with Gasteiger partial charge in [0.1, 0.15) is 5.82 Å². The van der Waals surface area contributed by atoms with E-state index in [-0.39, 0.29) is 0 Å². The van der Waals surface area contributed by atoms with Gasteiger partial charge in [-0.3, -0.25) is 0 Å². The molecular weight excluding hydrogens is 222 g/mol. The monoisotopic (exact) mass is 239 g/mol. The molecule has 3 heteroatoms. The number of aromatic nitrogens is 1. The number of pyridine rings is 1. The Morgan fingerprint density at radius 2 is 1.56 bits per heavy atom. The van der Waals surface area contributed by atoms with Gasteiger partial charge < -0.3 is 10.6 Å². The molecule has 1 aromatic heterocycles. The third-order valence-electron chi connectivity index (χ3n) is 2.69. The standard InChI is InChI=1S/C15H17N3/c1-18(2)14-8-5-12(6-9-14)3-4-13-7-10-15(16)17-11-13/h3-11H,1-2H3,(H2,16,17)/b4-3+. The van der Waals surface area contributed by atoms with Gasteiger partial charge in [-0.25, -0.2) is 4.98 Å². The lowest BCUT2D eigenvalue weighted by atomic mass is 10.1. The predicted molar refractivity (Wildman–Crippen MR) is 78.3 cm³/mol. The van der Waals surface area contributed by atoms with E-state index < -0.39 is 0 Å². The molecule has 0 atom stereocenters. The molecule has 2 N–H and O–H groups in total. The van der Waals surface area contributed by atoms with Crippen LogP contribution in [0.15, 0.2) is 42.6 Å². The maximum atomic E-state index is 5.54. The highest BCUT2D eigenvalue weighted by Gasteiger charge is 1.94. The fourth-order valence-electron chi connectivity index (χ4n) is 1.59. The van der Waals surface area contributed by atoms with E-state index in [0.717, 1.165) is 11.1 Å². The summed E-state index contributed by atoms with van der Waals surface area (Å²) in [4.78, 5) is 6.13. The molecule has 0 amide bonds. The Labute approximate surface area is 108 Å². The second-order valence-electron chi connectivity index (χ2n) is 4.34. The second-order valence-corrected chi connectivity index (χ2v) is 4.34. The van der Waals surface area contributed by atoms with Crippen molar-refractivity contribution < 1.29 is 0 Å². The molecule has 0 aliphatic carbocycles. The number of nitrogens with two attached hydrogens (primary N) is 1. The van der Waals surface area contributed by atoms with Crippen molar-refractivity contribution in [1.29, 1.82) is 0 Å². The van der Waals surface area contributed by atoms with Crippen LogP contribution in [0.1, 0.15) is 11.1 Å². The fraction of sp³-hybridized carbons (Fsp3) is 0.133. The summed E-state index contributed by atoms with van der Waals surface area (Å²) in [6.07, 6.45) is 5.85. The maximum Gasteiger partial charge on any atom is 0.123 e. The van der Waals surface area contributed by atoms with Crippen LogP contribution in [0, 0.1) is 0 Å². The molecule has 2 aromatic rings. The highest BCUT2D eigenvalue weighted by molar-refractivity contribution is 5.70. The minimum absolute atomic E-state index is 0.544. The molecule has 0 bridgehead atoms. The van der Waals surface area contributed by atoms with Crippen molar-refractivity contribution in [3.63, 3.8) is 0 Å². The zero-order chi connectivity index (χ0) is 13.0. The molecule has 18 heavy (non-hydrogen) atoms. The van der Waals surface area contributed by atoms with Crippen molar-refractivity contribution in [1.82, 2.24) is 4.98 Å². The van der Waals surface area contributed by atoms with Crippen molar-refractivity contribution in [2.75, 3.05) is 24.7 Å². The Kier molecular flexibility index (Phi) is 3.63. The van der Waals surface area contributed by atoms with Crippen LogP contribution in [-0.4, -0.2) is 19.1 Å². The first-order valence-corrected chi connectivity index (χ1v) is 5.82. The van der Waals surface area contributed by atoms with E-state index in [1.165, 1.54) is 5.69 Å². The van der Waals surface area contributed by atoms with Crippen molar-refractivity contribution >= 4 is 23.7 Å². The third kappa shape index (κ3) is 3.10. The van der Waals surface area contributed by atoms with Gasteiger partial charge in [0, 0.05) is 26.0 Å². The van der Waals surface area contributed by atoms with Gasteiger partial charge in [0.2, 0.25) is 0 Å². The van der Waals surface area contributed by atoms with Crippen LogP contribution in [0.2, 0.25) is 0 Å². The summed E-state index contributed by atoms with van der Waals surface area (Å²) >= 11 is 0. The average Bonchev–Trinajstić information content (AvgIpc) is 2.38. The number of benzene rings is 1. The molecule has 0 unspecified atom stereocenters. The van der Waals surface area contributed by atoms with E-state index in [2.05, 4.69) is 40.2 Å². The minimum Gasteiger partial charge on any atom is -0.384 e. The van der Waals surface area contributed by atoms with Gasteiger partial charge in [-0.2, -0.15) is 0 Å². The summed E-state index contributed by atoms with van der Waals surface area (Å²) < 4.78 is 0. The normalized spacial score (nSPS) is 10.8. The molecule has 1 heterocycles. The second kappa shape index (κ2) is 5.36. The predicted octanol–water partition coefficient (Wildman–Crippen LogP) is 2.90. The first kappa shape index (κ1) is 12.2. The summed E-state index contributed by atoms with van der Waals surface area (Å²) in [5.41, 5.74) is 8.94. The van der Waals surface area contributed by atoms with Gasteiger partial charge in [0.25, 0.3) is 0 Å². The van der Waals surface area contributed by atoms with Gasteiger partial charge in [0.05, 0.1) is 0 Å². The molecule has 0 spiro atoms. The number of nitrogen functional groups attached to an aromatic ring is 1. The molecule has 0 saturated carbocycles. The van der Waals surface area contributed by atoms with Crippen molar-refractivity contribution in [2.24, 2.45) is 0 Å². The zero-order valence-electron chi connectivity index (χ0n) is 10.7. The molecule has 92 valence electrons. The summed E-state index contributed by atoms with van der Waals surface area (Å²) in [5, 5.41) is 0. The van der Waals surface area contributed by atoms with E-state index in [1.807, 2.05) is 26.2 Å². The van der Waals surface area contributed by atoms with Crippen molar-refractivity contribution in [3.05, 3.63) is 53.7 Å². The van der Waals surface area contributed by atoms with E-state index in [4.69, 9.17) is 5.73 Å². The first-order valence-electron chi connectivity index (χ1n) is 5.82. The molecule has 2 rings (SSSR count). The molecule has 0 aliphatic heterocycles. The lowest BCUT2D eigenvalue weighted by Gasteiger charge is -2.11. The highest BCUT2D eigenvalue weighted by atomic mass is 15.1. The number of hydrogen-bond donors (Lipinski definition) is 1. The van der Waals surface area contributed by atoms with Gasteiger partial charge in [-0.15, -0.1) is 0 Å². The minimum atomic E-state index is 0.544. The number of nitrogens with zero attached hydrogens (tertiary/aromatic N) is 2. The maximum absolute atomic E-state index is 5.54. The highest BCUT2D eigenvalue weighted by Crippen LogP contribution is 2.14. The van der Waals surface area contributed by atoms with Crippen molar-refractivity contribution in [2.45, 2.75) is 0 Å². The summed E-state index contributed by atoms with van der Waals surface area (Å²) in [6, 6.07) is 12.1. The Hall–Kier alpha value is -2.29. The third-order valence-corrected chi connectivity index (χ3v) is 2.69. The summed E-state index contributed by atoms with van der Waals surface area (Å²) in [6.45, 7) is 0. The van der Waals surface area contributed by atoms with Crippen LogP contribution in [0.25, 0.3) is 12.2 Å². The van der Waals surface area contributed by atoms with Gasteiger partial charge in [-0.1, -0.05) is 24.3 Å². The van der Waals surface area contributed by atoms with E-state index in [1.54, 1.807) is 12.3 Å². The van der Waals surface area contributed by atoms with Crippen LogP contribution in [0.5, 0.6) is 0 Å².